The Balaban J connectivity index is 1.26. The van der Waals surface area contributed by atoms with Gasteiger partial charge in [0.25, 0.3) is 0 Å². The molecule has 8 aromatic rings. The van der Waals surface area contributed by atoms with E-state index in [2.05, 4.69) is 24.3 Å². The quantitative estimate of drug-likeness (QED) is 0.161. The summed E-state index contributed by atoms with van der Waals surface area (Å²) in [6.07, 6.45) is 0. The highest BCUT2D eigenvalue weighted by molar-refractivity contribution is 6.10. The number of benzene rings is 8. The lowest BCUT2D eigenvalue weighted by Crippen LogP contribution is -2.04. The third-order valence-corrected chi connectivity index (χ3v) is 9.29. The van der Waals surface area contributed by atoms with Crippen LogP contribution in [-0.2, 0) is 13.2 Å². The van der Waals surface area contributed by atoms with Crippen LogP contribution in [0.5, 0.6) is 11.5 Å². The molecule has 0 amide bonds. The predicted octanol–water partition coefficient (Wildman–Crippen LogP) is 10.5. The van der Waals surface area contributed by atoms with E-state index in [4.69, 9.17) is 9.47 Å². The molecule has 6 nitrogen and oxygen atoms in total. The Morgan fingerprint density at radius 2 is 0.760 bits per heavy atom. The molecule has 0 saturated heterocycles. The van der Waals surface area contributed by atoms with Gasteiger partial charge in [0.15, 0.2) is 0 Å². The van der Waals surface area contributed by atoms with Gasteiger partial charge in [-0.2, -0.15) is 0 Å². The van der Waals surface area contributed by atoms with Gasteiger partial charge in [0, 0.05) is 11.1 Å². The maximum atomic E-state index is 12.0. The monoisotopic (exact) mass is 654 g/mol. The van der Waals surface area contributed by atoms with Gasteiger partial charge in [0.1, 0.15) is 24.7 Å². The van der Waals surface area contributed by atoms with Crippen molar-refractivity contribution in [3.63, 3.8) is 0 Å². The third-order valence-electron chi connectivity index (χ3n) is 9.29. The summed E-state index contributed by atoms with van der Waals surface area (Å²) in [5, 5.41) is 26.6. The first-order valence-corrected chi connectivity index (χ1v) is 16.3. The van der Waals surface area contributed by atoms with Crippen LogP contribution >= 0.6 is 0 Å². The summed E-state index contributed by atoms with van der Waals surface area (Å²) >= 11 is 0. The zero-order chi connectivity index (χ0) is 34.2. The summed E-state index contributed by atoms with van der Waals surface area (Å²) in [5.41, 5.74) is 4.00. The standard InChI is InChI=1S/C44H30O6/c45-43(46)37-21-17-29(31-11-5-7-15-35(31)37)25-49-39-23-19-27-9-1-3-13-33(27)41(39)42-34-14-4-2-10-28(34)20-24-40(42)50-26-30-18-22-38(44(47)48)36-16-8-6-12-32(30)36/h1-24H,25-26H2,(H,45,46)(H,47,48). The topological polar surface area (TPSA) is 93.1 Å². The molecule has 0 bridgehead atoms. The molecule has 0 aliphatic rings. The van der Waals surface area contributed by atoms with Gasteiger partial charge in [-0.3, -0.25) is 0 Å². The molecule has 0 saturated carbocycles. The van der Waals surface area contributed by atoms with Crippen LogP contribution in [0.25, 0.3) is 54.2 Å². The molecule has 242 valence electrons. The first-order chi connectivity index (χ1) is 24.5. The van der Waals surface area contributed by atoms with Crippen molar-refractivity contribution in [3.05, 3.63) is 168 Å². The molecule has 8 rings (SSSR count). The van der Waals surface area contributed by atoms with E-state index in [1.54, 1.807) is 12.1 Å². The number of hydrogen-bond donors (Lipinski definition) is 2. The number of carbonyl (C=O) groups is 2. The van der Waals surface area contributed by atoms with Gasteiger partial charge < -0.3 is 19.7 Å². The van der Waals surface area contributed by atoms with Crippen molar-refractivity contribution in [2.45, 2.75) is 13.2 Å². The Hall–Kier alpha value is -6.66. The van der Waals surface area contributed by atoms with Crippen LogP contribution in [0.15, 0.2) is 146 Å². The molecular weight excluding hydrogens is 624 g/mol. The highest BCUT2D eigenvalue weighted by atomic mass is 16.5. The van der Waals surface area contributed by atoms with Crippen LogP contribution < -0.4 is 9.47 Å². The van der Waals surface area contributed by atoms with Crippen molar-refractivity contribution >= 4 is 55.0 Å². The molecule has 0 spiro atoms. The van der Waals surface area contributed by atoms with Crippen molar-refractivity contribution in [3.8, 4) is 22.6 Å². The van der Waals surface area contributed by atoms with Gasteiger partial charge in [-0.25, -0.2) is 9.59 Å². The lowest BCUT2D eigenvalue weighted by molar-refractivity contribution is 0.0688. The fourth-order valence-electron chi connectivity index (χ4n) is 6.92. The van der Waals surface area contributed by atoms with E-state index in [0.29, 0.717) is 22.3 Å². The van der Waals surface area contributed by atoms with Gasteiger partial charge in [-0.05, 0) is 78.5 Å². The number of carboxylic acids is 2. The second-order valence-corrected chi connectivity index (χ2v) is 12.1. The van der Waals surface area contributed by atoms with Crippen molar-refractivity contribution in [1.82, 2.24) is 0 Å². The minimum Gasteiger partial charge on any atom is -0.488 e. The average molecular weight is 655 g/mol. The zero-order valence-corrected chi connectivity index (χ0v) is 26.8. The zero-order valence-electron chi connectivity index (χ0n) is 26.8. The summed E-state index contributed by atoms with van der Waals surface area (Å²) in [5.74, 6) is -0.625. The molecule has 8 aromatic carbocycles. The minimum atomic E-state index is -0.972. The number of rotatable bonds is 9. The molecule has 0 aromatic heterocycles. The molecule has 0 atom stereocenters. The van der Waals surface area contributed by atoms with Crippen LogP contribution in [0.1, 0.15) is 31.8 Å². The van der Waals surface area contributed by atoms with E-state index >= 15 is 0 Å². The largest absolute Gasteiger partial charge is 0.488 e. The summed E-state index contributed by atoms with van der Waals surface area (Å²) < 4.78 is 13.4. The van der Waals surface area contributed by atoms with Gasteiger partial charge in [0.2, 0.25) is 0 Å². The SMILES string of the molecule is O=C(O)c1ccc(COc2ccc3ccccc3c2-c2c(OCc3ccc(C(=O)O)c4ccccc34)ccc3ccccc23)c2ccccc12. The van der Waals surface area contributed by atoms with Crippen LogP contribution in [0.4, 0.5) is 0 Å². The van der Waals surface area contributed by atoms with Crippen LogP contribution in [0, 0.1) is 0 Å². The molecule has 0 aliphatic carbocycles. The van der Waals surface area contributed by atoms with Crippen LogP contribution in [-0.4, -0.2) is 22.2 Å². The fourth-order valence-corrected chi connectivity index (χ4v) is 6.92. The van der Waals surface area contributed by atoms with E-state index in [0.717, 1.165) is 54.6 Å². The fraction of sp³-hybridized carbons (Fsp3) is 0.0455. The van der Waals surface area contributed by atoms with E-state index in [9.17, 15) is 19.8 Å². The Morgan fingerprint density at radius 1 is 0.400 bits per heavy atom. The number of fused-ring (bicyclic) bond motifs is 4. The summed E-state index contributed by atoms with van der Waals surface area (Å²) in [7, 11) is 0. The van der Waals surface area contributed by atoms with Crippen LogP contribution in [0.2, 0.25) is 0 Å². The molecular formula is C44H30O6. The predicted molar refractivity (Wildman–Crippen MR) is 197 cm³/mol. The second-order valence-electron chi connectivity index (χ2n) is 12.1. The second kappa shape index (κ2) is 12.7. The lowest BCUT2D eigenvalue weighted by atomic mass is 9.92. The smallest absolute Gasteiger partial charge is 0.336 e. The van der Waals surface area contributed by atoms with Gasteiger partial charge in [-0.1, -0.05) is 121 Å². The average Bonchev–Trinajstić information content (AvgIpc) is 3.15. The Labute approximate surface area is 287 Å². The van der Waals surface area contributed by atoms with Gasteiger partial charge in [0.05, 0.1) is 11.1 Å². The molecule has 0 unspecified atom stereocenters. The van der Waals surface area contributed by atoms with E-state index in [1.165, 1.54) is 0 Å². The summed E-state index contributed by atoms with van der Waals surface area (Å²) in [6, 6.07) is 46.3. The van der Waals surface area contributed by atoms with Crippen molar-refractivity contribution in [2.24, 2.45) is 0 Å². The highest BCUT2D eigenvalue weighted by Gasteiger charge is 2.21. The molecule has 0 aliphatic heterocycles. The summed E-state index contributed by atoms with van der Waals surface area (Å²) in [4.78, 5) is 23.9. The molecule has 2 N–H and O–H groups in total. The maximum Gasteiger partial charge on any atom is 0.336 e. The van der Waals surface area contributed by atoms with E-state index in [-0.39, 0.29) is 24.3 Å². The molecule has 0 fully saturated rings. The van der Waals surface area contributed by atoms with Crippen molar-refractivity contribution in [2.75, 3.05) is 0 Å². The Morgan fingerprint density at radius 3 is 1.16 bits per heavy atom. The minimum absolute atomic E-state index is 0.217. The van der Waals surface area contributed by atoms with Gasteiger partial charge in [-0.15, -0.1) is 0 Å². The first-order valence-electron chi connectivity index (χ1n) is 16.3. The normalized spacial score (nSPS) is 11.3. The first kappa shape index (κ1) is 30.7. The molecule has 50 heavy (non-hydrogen) atoms. The van der Waals surface area contributed by atoms with Crippen molar-refractivity contribution < 1.29 is 29.3 Å². The lowest BCUT2D eigenvalue weighted by Gasteiger charge is -2.20. The van der Waals surface area contributed by atoms with Gasteiger partial charge >= 0.3 is 11.9 Å². The number of ether oxygens (including phenoxy) is 2. The third kappa shape index (κ3) is 5.43. The van der Waals surface area contributed by atoms with Crippen LogP contribution in [0.3, 0.4) is 0 Å². The highest BCUT2D eigenvalue weighted by Crippen LogP contribution is 2.46. The maximum absolute atomic E-state index is 12.0. The van der Waals surface area contributed by atoms with E-state index < -0.39 is 11.9 Å². The molecule has 0 radical (unpaired) electrons. The number of carboxylic acid groups (broad SMARTS) is 2. The van der Waals surface area contributed by atoms with Crippen molar-refractivity contribution in [1.29, 1.82) is 0 Å². The number of aromatic carboxylic acids is 2. The Bertz CT molecular complexity index is 2440. The number of hydrogen-bond acceptors (Lipinski definition) is 4. The van der Waals surface area contributed by atoms with E-state index in [1.807, 2.05) is 109 Å². The Kier molecular flexibility index (Phi) is 7.82. The molecule has 0 heterocycles. The molecule has 6 heteroatoms. The summed E-state index contributed by atoms with van der Waals surface area (Å²) in [6.45, 7) is 0.434.